The molecule has 2 N–H and O–H groups in total. The third kappa shape index (κ3) is 2.53. The second-order valence-electron chi connectivity index (χ2n) is 5.45. The topological polar surface area (TPSA) is 53.9 Å². The lowest BCUT2D eigenvalue weighted by Crippen LogP contribution is -2.01. The first-order chi connectivity index (χ1) is 11.3. The molecule has 0 aliphatic carbocycles. The van der Waals surface area contributed by atoms with Crippen LogP contribution in [-0.2, 0) is 13.2 Å². The van der Waals surface area contributed by atoms with Crippen LogP contribution in [0, 0.1) is 0 Å². The molecule has 4 aromatic rings. The molecule has 0 fully saturated rings. The molecular weight excluding hydrogens is 288 g/mol. The van der Waals surface area contributed by atoms with Crippen molar-refractivity contribution < 1.29 is 9.52 Å². The summed E-state index contributed by atoms with van der Waals surface area (Å²) in [6.07, 6.45) is 0. The molecule has 0 aliphatic heterocycles. The number of nitrogens with zero attached hydrogens (tertiary/aromatic N) is 2. The van der Waals surface area contributed by atoms with Crippen LogP contribution >= 0.6 is 0 Å². The van der Waals surface area contributed by atoms with Crippen molar-refractivity contribution in [3.63, 3.8) is 0 Å². The zero-order valence-electron chi connectivity index (χ0n) is 12.6. The van der Waals surface area contributed by atoms with Crippen LogP contribution < -0.4 is 0 Å². The Balaban J connectivity index is 1.83. The first kappa shape index (κ1) is 13.8. The van der Waals surface area contributed by atoms with E-state index in [-0.39, 0.29) is 6.61 Å². The van der Waals surface area contributed by atoms with Crippen LogP contribution in [-0.4, -0.2) is 14.9 Å². The van der Waals surface area contributed by atoms with E-state index in [0.29, 0.717) is 12.3 Å². The SMILES string of the molecule is [OH2+]Cc1ccc(-c2nn(Cc3ccccc3)c3ccccc23)o1. The van der Waals surface area contributed by atoms with Gasteiger partial charge >= 0.3 is 0 Å². The third-order valence-corrected chi connectivity index (χ3v) is 3.90. The van der Waals surface area contributed by atoms with Crippen LogP contribution in [0.25, 0.3) is 22.4 Å². The van der Waals surface area contributed by atoms with Crippen LogP contribution in [0.2, 0.25) is 0 Å². The number of fused-ring (bicyclic) bond motifs is 1. The Bertz CT molecular complexity index is 938. The Hall–Kier alpha value is -2.85. The maximum Gasteiger partial charge on any atom is 0.202 e. The van der Waals surface area contributed by atoms with Gasteiger partial charge in [-0.15, -0.1) is 0 Å². The molecule has 0 saturated heterocycles. The van der Waals surface area contributed by atoms with Gasteiger partial charge in [0.15, 0.2) is 11.5 Å². The van der Waals surface area contributed by atoms with Gasteiger partial charge in [-0.2, -0.15) is 5.10 Å². The minimum atomic E-state index is 0.142. The highest BCUT2D eigenvalue weighted by Crippen LogP contribution is 2.29. The normalized spacial score (nSPS) is 11.2. The molecule has 0 saturated carbocycles. The smallest absolute Gasteiger partial charge is 0.202 e. The maximum atomic E-state index is 7.42. The average Bonchev–Trinajstić information content (AvgIpc) is 3.21. The molecule has 0 bridgehead atoms. The molecule has 114 valence electrons. The quantitative estimate of drug-likeness (QED) is 0.541. The monoisotopic (exact) mass is 305 g/mol. The summed E-state index contributed by atoms with van der Waals surface area (Å²) in [4.78, 5) is 0. The molecule has 0 spiro atoms. The van der Waals surface area contributed by atoms with Crippen molar-refractivity contribution in [2.75, 3.05) is 0 Å². The summed E-state index contributed by atoms with van der Waals surface area (Å²) < 4.78 is 7.73. The summed E-state index contributed by atoms with van der Waals surface area (Å²) in [5, 5.41) is 13.2. The number of hydrogen-bond donors (Lipinski definition) is 0. The van der Waals surface area contributed by atoms with E-state index in [1.165, 1.54) is 5.56 Å². The molecule has 0 amide bonds. The van der Waals surface area contributed by atoms with E-state index in [4.69, 9.17) is 14.6 Å². The van der Waals surface area contributed by atoms with Gasteiger partial charge in [-0.1, -0.05) is 48.5 Å². The molecule has 4 nitrogen and oxygen atoms in total. The van der Waals surface area contributed by atoms with Crippen molar-refractivity contribution in [2.45, 2.75) is 13.2 Å². The van der Waals surface area contributed by atoms with E-state index in [0.717, 1.165) is 22.4 Å². The van der Waals surface area contributed by atoms with Crippen LogP contribution in [0.1, 0.15) is 11.3 Å². The van der Waals surface area contributed by atoms with E-state index >= 15 is 0 Å². The fourth-order valence-corrected chi connectivity index (χ4v) is 2.79. The van der Waals surface area contributed by atoms with Gasteiger partial charge < -0.3 is 9.52 Å². The van der Waals surface area contributed by atoms with Gasteiger partial charge in [-0.3, -0.25) is 4.68 Å². The fraction of sp³-hybridized carbons (Fsp3) is 0.105. The molecule has 2 aromatic heterocycles. The second-order valence-corrected chi connectivity index (χ2v) is 5.45. The van der Waals surface area contributed by atoms with E-state index < -0.39 is 0 Å². The number of para-hydroxylation sites is 1. The Morgan fingerprint density at radius 2 is 1.70 bits per heavy atom. The van der Waals surface area contributed by atoms with Gasteiger partial charge in [0.2, 0.25) is 6.61 Å². The maximum absolute atomic E-state index is 7.42. The second kappa shape index (κ2) is 5.74. The summed E-state index contributed by atoms with van der Waals surface area (Å²) >= 11 is 0. The lowest BCUT2D eigenvalue weighted by atomic mass is 10.2. The summed E-state index contributed by atoms with van der Waals surface area (Å²) in [5.74, 6) is 1.37. The minimum absolute atomic E-state index is 0.142. The summed E-state index contributed by atoms with van der Waals surface area (Å²) in [6.45, 7) is 0.857. The number of rotatable bonds is 4. The molecule has 4 rings (SSSR count). The standard InChI is InChI=1S/C19H16N2O2/c22-13-15-10-11-18(23-15)19-16-8-4-5-9-17(16)21(20-19)12-14-6-2-1-3-7-14/h1-11,22H,12-13H2/p+1. The molecule has 0 atom stereocenters. The lowest BCUT2D eigenvalue weighted by molar-refractivity contribution is 0.248. The van der Waals surface area contributed by atoms with Crippen molar-refractivity contribution in [1.82, 2.24) is 9.78 Å². The highest BCUT2D eigenvalue weighted by atomic mass is 16.4. The molecule has 0 aliphatic rings. The summed E-state index contributed by atoms with van der Waals surface area (Å²) in [7, 11) is 0. The van der Waals surface area contributed by atoms with Crippen molar-refractivity contribution in [3.05, 3.63) is 78.1 Å². The van der Waals surface area contributed by atoms with E-state index in [1.54, 1.807) is 0 Å². The Kier molecular flexibility index (Phi) is 3.44. The number of furan rings is 1. The van der Waals surface area contributed by atoms with Crippen LogP contribution in [0.4, 0.5) is 0 Å². The molecule has 4 heteroatoms. The Labute approximate surface area is 133 Å². The van der Waals surface area contributed by atoms with Gasteiger partial charge in [0.1, 0.15) is 5.69 Å². The predicted octanol–water partition coefficient (Wildman–Crippen LogP) is 3.57. The minimum Gasteiger partial charge on any atom is -0.451 e. The van der Waals surface area contributed by atoms with Gasteiger partial charge in [-0.25, -0.2) is 0 Å². The van der Waals surface area contributed by atoms with Crippen molar-refractivity contribution in [3.8, 4) is 11.5 Å². The molecule has 23 heavy (non-hydrogen) atoms. The fourth-order valence-electron chi connectivity index (χ4n) is 2.79. The lowest BCUT2D eigenvalue weighted by Gasteiger charge is -2.03. The molecule has 0 unspecified atom stereocenters. The van der Waals surface area contributed by atoms with E-state index in [1.807, 2.05) is 47.1 Å². The van der Waals surface area contributed by atoms with Gasteiger partial charge in [-0.05, 0) is 23.8 Å². The highest BCUT2D eigenvalue weighted by molar-refractivity contribution is 5.92. The van der Waals surface area contributed by atoms with Crippen molar-refractivity contribution in [2.24, 2.45) is 0 Å². The Morgan fingerprint density at radius 1 is 0.913 bits per heavy atom. The van der Waals surface area contributed by atoms with Crippen molar-refractivity contribution in [1.29, 1.82) is 0 Å². The zero-order chi connectivity index (χ0) is 15.6. The average molecular weight is 305 g/mol. The number of benzene rings is 2. The van der Waals surface area contributed by atoms with Gasteiger partial charge in [0, 0.05) is 5.39 Å². The van der Waals surface area contributed by atoms with Gasteiger partial charge in [0.25, 0.3) is 0 Å². The zero-order valence-corrected chi connectivity index (χ0v) is 12.6. The first-order valence-electron chi connectivity index (χ1n) is 7.58. The number of aromatic nitrogens is 2. The predicted molar refractivity (Wildman–Crippen MR) is 90.3 cm³/mol. The third-order valence-electron chi connectivity index (χ3n) is 3.90. The van der Waals surface area contributed by atoms with Crippen LogP contribution in [0.5, 0.6) is 0 Å². The summed E-state index contributed by atoms with van der Waals surface area (Å²) in [5.41, 5.74) is 3.12. The van der Waals surface area contributed by atoms with Crippen molar-refractivity contribution >= 4 is 10.9 Å². The van der Waals surface area contributed by atoms with E-state index in [2.05, 4.69) is 24.3 Å². The van der Waals surface area contributed by atoms with Gasteiger partial charge in [0.05, 0.1) is 12.1 Å². The molecular formula is C19H17N2O2+. The first-order valence-corrected chi connectivity index (χ1v) is 7.58. The molecule has 2 heterocycles. The van der Waals surface area contributed by atoms with Crippen LogP contribution in [0.15, 0.2) is 71.1 Å². The van der Waals surface area contributed by atoms with Crippen LogP contribution in [0.3, 0.4) is 0 Å². The molecule has 2 aromatic carbocycles. The van der Waals surface area contributed by atoms with E-state index in [9.17, 15) is 0 Å². The Morgan fingerprint density at radius 3 is 2.48 bits per heavy atom. The largest absolute Gasteiger partial charge is 0.451 e. The number of hydrogen-bond acceptors (Lipinski definition) is 2. The molecule has 0 radical (unpaired) electrons. The highest BCUT2D eigenvalue weighted by Gasteiger charge is 2.15. The summed E-state index contributed by atoms with van der Waals surface area (Å²) in [6, 6.07) is 22.2.